The molecule has 0 spiro atoms. The zero-order chi connectivity index (χ0) is 13.2. The van der Waals surface area contributed by atoms with Crippen molar-refractivity contribution >= 4 is 17.5 Å². The summed E-state index contributed by atoms with van der Waals surface area (Å²) in [5.74, 6) is -0.265. The second-order valence-corrected chi connectivity index (χ2v) is 4.41. The molecule has 1 aliphatic rings. The van der Waals surface area contributed by atoms with Crippen LogP contribution in [0, 0.1) is 0 Å². The molecule has 0 aliphatic carbocycles. The summed E-state index contributed by atoms with van der Waals surface area (Å²) in [6.45, 7) is 3.42. The molecule has 1 heterocycles. The molecule has 5 nitrogen and oxygen atoms in total. The van der Waals surface area contributed by atoms with E-state index in [1.54, 1.807) is 6.08 Å². The fourth-order valence-electron chi connectivity index (χ4n) is 1.79. The maximum Gasteiger partial charge on any atom is 0.257 e. The van der Waals surface area contributed by atoms with Gasteiger partial charge in [-0.1, -0.05) is 18.2 Å². The fourth-order valence-corrected chi connectivity index (χ4v) is 1.79. The molecule has 0 radical (unpaired) electrons. The first-order valence-corrected chi connectivity index (χ1v) is 5.64. The van der Waals surface area contributed by atoms with Gasteiger partial charge in [0.1, 0.15) is 0 Å². The first-order chi connectivity index (χ1) is 8.49. The molecule has 1 unspecified atom stereocenters. The summed E-state index contributed by atoms with van der Waals surface area (Å²) in [4.78, 5) is 22.0. The maximum atomic E-state index is 11.0. The lowest BCUT2D eigenvalue weighted by Crippen LogP contribution is -2.52. The summed E-state index contributed by atoms with van der Waals surface area (Å²) in [5, 5.41) is 2.71. The molecule has 1 atom stereocenters. The number of hydrogen-bond acceptors (Lipinski definition) is 3. The third-order valence-electron chi connectivity index (χ3n) is 2.82. The zero-order valence-electron chi connectivity index (χ0n) is 10.3. The minimum atomic E-state index is -0.442. The Morgan fingerprint density at radius 2 is 1.94 bits per heavy atom. The van der Waals surface area contributed by atoms with Crippen LogP contribution in [0.2, 0.25) is 0 Å². The Hall–Kier alpha value is -2.14. The normalized spacial score (nSPS) is 22.4. The molecule has 1 aliphatic heterocycles. The van der Waals surface area contributed by atoms with E-state index in [0.29, 0.717) is 0 Å². The molecule has 1 aromatic carbocycles. The van der Waals surface area contributed by atoms with E-state index < -0.39 is 5.54 Å². The summed E-state index contributed by atoms with van der Waals surface area (Å²) in [6.07, 6.45) is 3.30. The van der Waals surface area contributed by atoms with E-state index in [1.165, 1.54) is 13.0 Å². The second-order valence-electron chi connectivity index (χ2n) is 4.41. The lowest BCUT2D eigenvalue weighted by atomic mass is 9.91. The molecule has 5 heteroatoms. The van der Waals surface area contributed by atoms with Crippen molar-refractivity contribution in [3.05, 3.63) is 42.0 Å². The van der Waals surface area contributed by atoms with Gasteiger partial charge in [0.05, 0.1) is 5.54 Å². The first-order valence-electron chi connectivity index (χ1n) is 5.64. The van der Waals surface area contributed by atoms with Crippen molar-refractivity contribution in [2.75, 3.05) is 5.32 Å². The highest BCUT2D eigenvalue weighted by molar-refractivity contribution is 5.89. The number of amides is 2. The summed E-state index contributed by atoms with van der Waals surface area (Å²) >= 11 is 0. The average Bonchev–Trinajstić information content (AvgIpc) is 2.33. The van der Waals surface area contributed by atoms with Gasteiger partial charge in [-0.3, -0.25) is 15.0 Å². The average molecular weight is 245 g/mol. The molecular weight excluding hydrogens is 230 g/mol. The summed E-state index contributed by atoms with van der Waals surface area (Å²) in [5.41, 5.74) is 6.82. The van der Waals surface area contributed by atoms with Gasteiger partial charge in [0.2, 0.25) is 5.91 Å². The lowest BCUT2D eigenvalue weighted by Gasteiger charge is -2.31. The number of rotatable bonds is 2. The van der Waals surface area contributed by atoms with E-state index in [0.717, 1.165) is 11.3 Å². The number of hydrogen-bond donors (Lipinski definition) is 3. The van der Waals surface area contributed by atoms with E-state index in [-0.39, 0.29) is 11.8 Å². The van der Waals surface area contributed by atoms with Gasteiger partial charge in [-0.2, -0.15) is 0 Å². The van der Waals surface area contributed by atoms with Crippen LogP contribution in [0.5, 0.6) is 0 Å². The fraction of sp³-hybridized carbons (Fsp3) is 0.231. The highest BCUT2D eigenvalue weighted by Crippen LogP contribution is 2.24. The molecule has 0 fully saturated rings. The first kappa shape index (κ1) is 12.3. The van der Waals surface area contributed by atoms with Gasteiger partial charge in [0.25, 0.3) is 5.91 Å². The van der Waals surface area contributed by atoms with E-state index in [4.69, 9.17) is 0 Å². The molecule has 0 saturated heterocycles. The molecule has 2 rings (SSSR count). The monoisotopic (exact) mass is 245 g/mol. The van der Waals surface area contributed by atoms with Crippen LogP contribution in [-0.2, 0) is 15.1 Å². The minimum absolute atomic E-state index is 0.100. The summed E-state index contributed by atoms with van der Waals surface area (Å²) in [7, 11) is 0. The maximum absolute atomic E-state index is 11.0. The number of anilines is 1. The predicted octanol–water partition coefficient (Wildman–Crippen LogP) is 1.05. The Morgan fingerprint density at radius 1 is 1.28 bits per heavy atom. The van der Waals surface area contributed by atoms with Crippen molar-refractivity contribution < 1.29 is 9.59 Å². The molecule has 0 bridgehead atoms. The molecular formula is C13H15N3O2. The highest BCUT2D eigenvalue weighted by atomic mass is 16.2. The third-order valence-corrected chi connectivity index (χ3v) is 2.82. The van der Waals surface area contributed by atoms with Gasteiger partial charge in [0, 0.05) is 18.7 Å². The van der Waals surface area contributed by atoms with Crippen LogP contribution in [-0.4, -0.2) is 11.8 Å². The van der Waals surface area contributed by atoms with Gasteiger partial charge in [0.15, 0.2) is 0 Å². The topological polar surface area (TPSA) is 70.2 Å². The van der Waals surface area contributed by atoms with Crippen LogP contribution in [0.15, 0.2) is 36.4 Å². The summed E-state index contributed by atoms with van der Waals surface area (Å²) < 4.78 is 0. The van der Waals surface area contributed by atoms with Crippen LogP contribution in [0.1, 0.15) is 19.4 Å². The number of hydrazine groups is 1. The van der Waals surface area contributed by atoms with Gasteiger partial charge in [-0.15, -0.1) is 0 Å². The number of benzene rings is 1. The van der Waals surface area contributed by atoms with E-state index >= 15 is 0 Å². The lowest BCUT2D eigenvalue weighted by molar-refractivity contribution is -0.118. The number of carbonyl (C=O) groups is 2. The number of carbonyl (C=O) groups excluding carboxylic acids is 2. The van der Waals surface area contributed by atoms with Crippen molar-refractivity contribution in [3.8, 4) is 0 Å². The van der Waals surface area contributed by atoms with E-state index in [1.807, 2.05) is 31.2 Å². The Kier molecular flexibility index (Phi) is 3.16. The largest absolute Gasteiger partial charge is 0.326 e. The molecule has 2 amide bonds. The molecule has 18 heavy (non-hydrogen) atoms. The Morgan fingerprint density at radius 3 is 2.44 bits per heavy atom. The Labute approximate surface area is 105 Å². The predicted molar refractivity (Wildman–Crippen MR) is 68.5 cm³/mol. The third kappa shape index (κ3) is 2.57. The molecule has 3 N–H and O–H groups in total. The zero-order valence-corrected chi connectivity index (χ0v) is 10.3. The molecule has 94 valence electrons. The van der Waals surface area contributed by atoms with Crippen molar-refractivity contribution in [2.24, 2.45) is 0 Å². The Balaban J connectivity index is 2.21. The van der Waals surface area contributed by atoms with E-state index in [9.17, 15) is 9.59 Å². The van der Waals surface area contributed by atoms with Gasteiger partial charge in [-0.25, -0.2) is 5.43 Å². The van der Waals surface area contributed by atoms with Gasteiger partial charge in [-0.05, 0) is 24.6 Å². The van der Waals surface area contributed by atoms with Crippen LogP contribution >= 0.6 is 0 Å². The van der Waals surface area contributed by atoms with Crippen molar-refractivity contribution in [1.82, 2.24) is 10.9 Å². The van der Waals surface area contributed by atoms with Crippen LogP contribution in [0.25, 0.3) is 0 Å². The summed E-state index contributed by atoms with van der Waals surface area (Å²) in [6, 6.07) is 7.46. The minimum Gasteiger partial charge on any atom is -0.326 e. The van der Waals surface area contributed by atoms with Gasteiger partial charge < -0.3 is 5.32 Å². The molecule has 0 aromatic heterocycles. The van der Waals surface area contributed by atoms with E-state index in [2.05, 4.69) is 16.2 Å². The van der Waals surface area contributed by atoms with Crippen LogP contribution < -0.4 is 16.2 Å². The van der Waals surface area contributed by atoms with Gasteiger partial charge >= 0.3 is 0 Å². The van der Waals surface area contributed by atoms with Crippen LogP contribution in [0.4, 0.5) is 5.69 Å². The van der Waals surface area contributed by atoms with Crippen LogP contribution in [0.3, 0.4) is 0 Å². The highest BCUT2D eigenvalue weighted by Gasteiger charge is 2.26. The SMILES string of the molecule is CC(=O)Nc1ccc(C2(C)C=CC(=O)NN2)cc1. The van der Waals surface area contributed by atoms with Crippen molar-refractivity contribution in [1.29, 1.82) is 0 Å². The standard InChI is InChI=1S/C13H15N3O2/c1-9(17)14-11-5-3-10(4-6-11)13(2)8-7-12(18)15-16-13/h3-8,16H,1-2H3,(H,14,17)(H,15,18). The van der Waals surface area contributed by atoms with Crippen molar-refractivity contribution in [3.63, 3.8) is 0 Å². The molecule has 0 saturated carbocycles. The molecule has 1 aromatic rings. The second kappa shape index (κ2) is 4.62. The van der Waals surface area contributed by atoms with Crippen molar-refractivity contribution in [2.45, 2.75) is 19.4 Å². The number of nitrogens with one attached hydrogen (secondary N) is 3. The quantitative estimate of drug-likeness (QED) is 0.729. The smallest absolute Gasteiger partial charge is 0.257 e. The Bertz CT molecular complexity index is 507.